The van der Waals surface area contributed by atoms with Gasteiger partial charge in [0.2, 0.25) is 5.91 Å². The number of nitrogens with two attached hydrogens (primary N) is 1. The van der Waals surface area contributed by atoms with Gasteiger partial charge >= 0.3 is 0 Å². The zero-order valence-electron chi connectivity index (χ0n) is 11.1. The minimum atomic E-state index is -0.417. The van der Waals surface area contributed by atoms with E-state index in [-0.39, 0.29) is 0 Å². The highest BCUT2D eigenvalue weighted by atomic mass is 16.5. The van der Waals surface area contributed by atoms with Crippen LogP contribution in [0.4, 0.5) is 0 Å². The Morgan fingerprint density at radius 3 is 2.84 bits per heavy atom. The first kappa shape index (κ1) is 13.1. The quantitative estimate of drug-likeness (QED) is 0.891. The van der Waals surface area contributed by atoms with Crippen molar-refractivity contribution in [3.05, 3.63) is 47.3 Å². The Balaban J connectivity index is 2.05. The summed E-state index contributed by atoms with van der Waals surface area (Å²) in [6, 6.07) is 5.35. The lowest BCUT2D eigenvalue weighted by Gasteiger charge is -2.08. The number of aromatic nitrogens is 2. The van der Waals surface area contributed by atoms with Crippen molar-refractivity contribution in [3.8, 4) is 5.75 Å². The average Bonchev–Trinajstić information content (AvgIpc) is 2.85. The van der Waals surface area contributed by atoms with Gasteiger partial charge in [0.05, 0.1) is 12.4 Å². The molecule has 0 fully saturated rings. The number of amides is 1. The zero-order chi connectivity index (χ0) is 13.8. The van der Waals surface area contributed by atoms with Gasteiger partial charge in [0.1, 0.15) is 6.61 Å². The highest BCUT2D eigenvalue weighted by molar-refractivity contribution is 5.93. The molecule has 1 heterocycles. The molecule has 5 heteroatoms. The Morgan fingerprint density at radius 1 is 1.47 bits per heavy atom. The van der Waals surface area contributed by atoms with Crippen LogP contribution in [0.2, 0.25) is 0 Å². The summed E-state index contributed by atoms with van der Waals surface area (Å²) in [6.07, 6.45) is 3.55. The molecule has 0 aliphatic carbocycles. The first-order chi connectivity index (χ1) is 9.10. The van der Waals surface area contributed by atoms with Gasteiger partial charge in [0.25, 0.3) is 0 Å². The summed E-state index contributed by atoms with van der Waals surface area (Å²) < 4.78 is 7.46. The van der Waals surface area contributed by atoms with Crippen LogP contribution in [0, 0.1) is 6.92 Å². The Bertz CT molecular complexity index is 590. The molecule has 0 bridgehead atoms. The van der Waals surface area contributed by atoms with Gasteiger partial charge in [-0.2, -0.15) is 5.10 Å². The van der Waals surface area contributed by atoms with Crippen molar-refractivity contribution in [1.29, 1.82) is 0 Å². The van der Waals surface area contributed by atoms with Crippen molar-refractivity contribution in [3.63, 3.8) is 0 Å². The molecule has 2 aromatic rings. The fourth-order valence-electron chi connectivity index (χ4n) is 1.76. The summed E-state index contributed by atoms with van der Waals surface area (Å²) in [5, 5.41) is 4.14. The first-order valence-corrected chi connectivity index (χ1v) is 6.14. The third-order valence-corrected chi connectivity index (χ3v) is 2.95. The Morgan fingerprint density at radius 2 is 2.26 bits per heavy atom. The van der Waals surface area contributed by atoms with Crippen molar-refractivity contribution >= 4 is 5.91 Å². The third-order valence-electron chi connectivity index (χ3n) is 2.95. The lowest BCUT2D eigenvalue weighted by atomic mass is 10.1. The van der Waals surface area contributed by atoms with E-state index >= 15 is 0 Å². The van der Waals surface area contributed by atoms with Crippen molar-refractivity contribution in [2.75, 3.05) is 0 Å². The highest BCUT2D eigenvalue weighted by Gasteiger charge is 2.05. The molecule has 100 valence electrons. The van der Waals surface area contributed by atoms with Crippen LogP contribution in [0.5, 0.6) is 5.75 Å². The minimum Gasteiger partial charge on any atom is -0.486 e. The summed E-state index contributed by atoms with van der Waals surface area (Å²) in [6.45, 7) is 5.21. The van der Waals surface area contributed by atoms with Gasteiger partial charge in [-0.25, -0.2) is 0 Å². The van der Waals surface area contributed by atoms with E-state index in [2.05, 4.69) is 5.10 Å². The second kappa shape index (κ2) is 5.56. The van der Waals surface area contributed by atoms with Crippen LogP contribution in [0.3, 0.4) is 0 Å². The Kier molecular flexibility index (Phi) is 3.85. The van der Waals surface area contributed by atoms with Gasteiger partial charge in [-0.1, -0.05) is 6.07 Å². The van der Waals surface area contributed by atoms with E-state index in [1.807, 2.05) is 26.1 Å². The fraction of sp³-hybridized carbons (Fsp3) is 0.286. The number of carbonyl (C=O) groups is 1. The summed E-state index contributed by atoms with van der Waals surface area (Å²) in [5.41, 5.74) is 7.76. The van der Waals surface area contributed by atoms with E-state index in [1.54, 1.807) is 23.0 Å². The van der Waals surface area contributed by atoms with Gasteiger partial charge in [-0.15, -0.1) is 0 Å². The molecule has 0 aliphatic heterocycles. The van der Waals surface area contributed by atoms with Crippen LogP contribution in [0.1, 0.15) is 28.4 Å². The van der Waals surface area contributed by atoms with E-state index in [0.717, 1.165) is 23.4 Å². The molecule has 0 saturated heterocycles. The van der Waals surface area contributed by atoms with Crippen LogP contribution in [-0.2, 0) is 13.2 Å². The van der Waals surface area contributed by atoms with Crippen LogP contribution in [0.25, 0.3) is 0 Å². The molecule has 2 N–H and O–H groups in total. The van der Waals surface area contributed by atoms with Gasteiger partial charge in [-0.3, -0.25) is 9.48 Å². The summed E-state index contributed by atoms with van der Waals surface area (Å²) >= 11 is 0. The predicted molar refractivity (Wildman–Crippen MR) is 71.9 cm³/mol. The molecule has 0 radical (unpaired) electrons. The second-order valence-electron chi connectivity index (χ2n) is 4.33. The molecular weight excluding hydrogens is 242 g/mol. The monoisotopic (exact) mass is 259 g/mol. The maximum Gasteiger partial charge on any atom is 0.248 e. The van der Waals surface area contributed by atoms with Crippen LogP contribution >= 0.6 is 0 Å². The van der Waals surface area contributed by atoms with Crippen LogP contribution < -0.4 is 10.5 Å². The summed E-state index contributed by atoms with van der Waals surface area (Å²) in [7, 11) is 0. The molecular formula is C14H17N3O2. The second-order valence-corrected chi connectivity index (χ2v) is 4.33. The maximum absolute atomic E-state index is 11.1. The SMILES string of the molecule is CCn1cc(OCc2ccc(C(N)=O)cc2C)cn1. The lowest BCUT2D eigenvalue weighted by molar-refractivity contribution is 0.1000. The molecule has 5 nitrogen and oxygen atoms in total. The van der Waals surface area contributed by atoms with E-state index in [9.17, 15) is 4.79 Å². The summed E-state index contributed by atoms with van der Waals surface area (Å²) in [4.78, 5) is 11.1. The van der Waals surface area contributed by atoms with Gasteiger partial charge in [0, 0.05) is 12.1 Å². The smallest absolute Gasteiger partial charge is 0.248 e. The topological polar surface area (TPSA) is 70.1 Å². The molecule has 1 amide bonds. The molecule has 1 aromatic carbocycles. The number of rotatable bonds is 5. The molecule has 0 saturated carbocycles. The number of hydrogen-bond acceptors (Lipinski definition) is 3. The van der Waals surface area contributed by atoms with Crippen molar-refractivity contribution in [1.82, 2.24) is 9.78 Å². The van der Waals surface area contributed by atoms with E-state index < -0.39 is 5.91 Å². The van der Waals surface area contributed by atoms with E-state index in [1.165, 1.54) is 0 Å². The van der Waals surface area contributed by atoms with Crippen molar-refractivity contribution in [2.45, 2.75) is 27.0 Å². The standard InChI is InChI=1S/C14H17N3O2/c1-3-17-8-13(7-16-17)19-9-12-5-4-11(14(15)18)6-10(12)2/h4-8H,3,9H2,1-2H3,(H2,15,18). The third kappa shape index (κ3) is 3.13. The van der Waals surface area contributed by atoms with Gasteiger partial charge in [-0.05, 0) is 37.1 Å². The molecule has 0 spiro atoms. The van der Waals surface area contributed by atoms with Crippen LogP contribution in [0.15, 0.2) is 30.6 Å². The number of aryl methyl sites for hydroxylation is 2. The normalized spacial score (nSPS) is 10.4. The lowest BCUT2D eigenvalue weighted by Crippen LogP contribution is -2.11. The molecule has 0 atom stereocenters. The van der Waals surface area contributed by atoms with Gasteiger partial charge in [0.15, 0.2) is 5.75 Å². The minimum absolute atomic E-state index is 0.417. The predicted octanol–water partition coefficient (Wildman–Crippen LogP) is 1.89. The number of primary amides is 1. The molecule has 0 unspecified atom stereocenters. The van der Waals surface area contributed by atoms with E-state index in [4.69, 9.17) is 10.5 Å². The Hall–Kier alpha value is -2.30. The largest absolute Gasteiger partial charge is 0.486 e. The maximum atomic E-state index is 11.1. The Labute approximate surface area is 112 Å². The van der Waals surface area contributed by atoms with Crippen molar-refractivity contribution in [2.24, 2.45) is 5.73 Å². The average molecular weight is 259 g/mol. The molecule has 1 aromatic heterocycles. The van der Waals surface area contributed by atoms with Crippen molar-refractivity contribution < 1.29 is 9.53 Å². The van der Waals surface area contributed by atoms with Crippen LogP contribution in [-0.4, -0.2) is 15.7 Å². The zero-order valence-corrected chi connectivity index (χ0v) is 11.1. The van der Waals surface area contributed by atoms with E-state index in [0.29, 0.717) is 12.2 Å². The summed E-state index contributed by atoms with van der Waals surface area (Å²) in [5.74, 6) is 0.319. The highest BCUT2D eigenvalue weighted by Crippen LogP contribution is 2.15. The number of nitrogens with zero attached hydrogens (tertiary/aromatic N) is 2. The molecule has 2 rings (SSSR count). The first-order valence-electron chi connectivity index (χ1n) is 6.14. The fourth-order valence-corrected chi connectivity index (χ4v) is 1.76. The molecule has 19 heavy (non-hydrogen) atoms. The molecule has 0 aliphatic rings. The number of ether oxygens (including phenoxy) is 1. The number of hydrogen-bond donors (Lipinski definition) is 1. The van der Waals surface area contributed by atoms with Gasteiger partial charge < -0.3 is 10.5 Å². The number of carbonyl (C=O) groups excluding carboxylic acids is 1. The number of benzene rings is 1.